The molecule has 3 aromatic rings. The average molecular weight is 538 g/mol. The van der Waals surface area contributed by atoms with Crippen LogP contribution >= 0.6 is 0 Å². The molecule has 1 heteroatoms. The molecule has 0 spiro atoms. The predicted octanol–water partition coefficient (Wildman–Crippen LogP) is 8.89. The number of hydrogen-bond acceptors (Lipinski definition) is 0. The van der Waals surface area contributed by atoms with Crippen molar-refractivity contribution in [3.8, 4) is 11.1 Å². The Morgan fingerprint density at radius 1 is 0.943 bits per heavy atom. The van der Waals surface area contributed by atoms with E-state index < -0.39 is 0 Å². The molecule has 1 unspecified atom stereocenters. The summed E-state index contributed by atoms with van der Waals surface area (Å²) in [6.45, 7) is 13.4. The van der Waals surface area contributed by atoms with Crippen molar-refractivity contribution >= 4 is 3.71 Å². The zero-order valence-corrected chi connectivity index (χ0v) is 24.7. The van der Waals surface area contributed by atoms with Crippen LogP contribution in [0.25, 0.3) is 11.1 Å². The number of rotatable bonds is 3. The molecule has 0 N–H and O–H groups in total. The van der Waals surface area contributed by atoms with Gasteiger partial charge in [0.1, 0.15) is 0 Å². The van der Waals surface area contributed by atoms with Crippen molar-refractivity contribution in [2.75, 3.05) is 0 Å². The maximum absolute atomic E-state index is 3.57. The number of allylic oxidation sites excluding steroid dienone is 4. The molecule has 35 heavy (non-hydrogen) atoms. The molecule has 0 aromatic heterocycles. The van der Waals surface area contributed by atoms with Crippen molar-refractivity contribution in [3.63, 3.8) is 0 Å². The summed E-state index contributed by atoms with van der Waals surface area (Å²) in [5, 5.41) is 0. The van der Waals surface area contributed by atoms with Gasteiger partial charge in [-0.3, -0.25) is 6.08 Å². The van der Waals surface area contributed by atoms with Crippen molar-refractivity contribution in [2.45, 2.75) is 60.8 Å². The zero-order chi connectivity index (χ0) is 25.4. The van der Waals surface area contributed by atoms with Gasteiger partial charge in [0.2, 0.25) is 0 Å². The third-order valence-electron chi connectivity index (χ3n) is 6.51. The summed E-state index contributed by atoms with van der Waals surface area (Å²) in [6, 6.07) is 26.7. The van der Waals surface area contributed by atoms with Crippen LogP contribution in [0, 0.1) is 30.4 Å². The minimum Gasteiger partial charge on any atom is -0.179 e. The molecule has 0 radical (unpaired) electrons. The normalized spacial score (nSPS) is 15.5. The van der Waals surface area contributed by atoms with E-state index in [4.69, 9.17) is 0 Å². The zero-order valence-electron chi connectivity index (χ0n) is 22.2. The minimum absolute atomic E-state index is 0.294. The van der Waals surface area contributed by atoms with Crippen molar-refractivity contribution in [3.05, 3.63) is 118 Å². The molecule has 5 rings (SSSR count). The van der Waals surface area contributed by atoms with E-state index in [-0.39, 0.29) is 0 Å². The van der Waals surface area contributed by atoms with Crippen LogP contribution in [-0.4, -0.2) is 3.71 Å². The van der Waals surface area contributed by atoms with E-state index in [0.717, 1.165) is 12.8 Å². The van der Waals surface area contributed by atoms with E-state index in [1.807, 2.05) is 6.07 Å². The van der Waals surface area contributed by atoms with Gasteiger partial charge in [-0.05, 0) is 6.42 Å². The molecule has 1 atom stereocenters. The summed E-state index contributed by atoms with van der Waals surface area (Å²) >= 11 is 1.47. The van der Waals surface area contributed by atoms with Gasteiger partial charge in [-0.25, -0.2) is 5.57 Å². The monoisotopic (exact) mass is 536 g/mol. The van der Waals surface area contributed by atoms with E-state index in [2.05, 4.69) is 124 Å². The molecule has 0 saturated carbocycles. The minimum atomic E-state index is 0.294. The molecule has 178 valence electrons. The first kappa shape index (κ1) is 27.5. The fourth-order valence-electron chi connectivity index (χ4n) is 4.52. The first-order valence-electron chi connectivity index (χ1n) is 12.8. The molecule has 0 saturated heterocycles. The Hall–Kier alpha value is -2.11. The van der Waals surface area contributed by atoms with Crippen LogP contribution < -0.4 is 0 Å². The number of fused-ring (bicyclic) bond motifs is 3. The Balaban J connectivity index is 0.000000150. The average Bonchev–Trinajstić information content (AvgIpc) is 3.47. The van der Waals surface area contributed by atoms with Crippen molar-refractivity contribution < 1.29 is 24.2 Å². The molecule has 2 aliphatic carbocycles. The first-order valence-corrected chi connectivity index (χ1v) is 14.2. The summed E-state index contributed by atoms with van der Waals surface area (Å²) in [6.07, 6.45) is 9.33. The van der Waals surface area contributed by atoms with Gasteiger partial charge in [-0.1, -0.05) is 94.2 Å². The quantitative estimate of drug-likeness (QED) is 0.229. The third-order valence-corrected chi connectivity index (χ3v) is 7.33. The standard InChI is InChI=1S/C13H9.C13H21.C8H8.Zr/c1-3-7-12-10(5-1)9-11-6-2-4-8-13(11)12;1-6-10-8-11(7-2)12(9-10)13(3,4)5;1-7-3-5-8(2)6-4-7;/h1-5,7-8H,9H2;9-10H,6-7H2,1-5H3;1,3-6H,2H3;/q2*-1;;+2. The maximum atomic E-state index is 3.57. The summed E-state index contributed by atoms with van der Waals surface area (Å²) in [7, 11) is 0. The van der Waals surface area contributed by atoms with Gasteiger partial charge in [0.25, 0.3) is 0 Å². The van der Waals surface area contributed by atoms with E-state index in [0.29, 0.717) is 11.3 Å². The van der Waals surface area contributed by atoms with E-state index in [1.54, 1.807) is 0 Å². The molecule has 0 bridgehead atoms. The third kappa shape index (κ3) is 7.44. The van der Waals surface area contributed by atoms with Crippen LogP contribution in [0.4, 0.5) is 0 Å². The Labute approximate surface area is 228 Å². The fourth-order valence-corrected chi connectivity index (χ4v) is 4.99. The summed E-state index contributed by atoms with van der Waals surface area (Å²) in [4.78, 5) is 0. The maximum Gasteiger partial charge on any atom is -0.0253 e. The second kappa shape index (κ2) is 12.7. The van der Waals surface area contributed by atoms with Gasteiger partial charge in [0.05, 0.1) is 0 Å². The second-order valence-corrected chi connectivity index (χ2v) is 11.0. The van der Waals surface area contributed by atoms with Gasteiger partial charge in [0, 0.05) is 0 Å². The van der Waals surface area contributed by atoms with Gasteiger partial charge in [-0.2, -0.15) is 41.5 Å². The molecule has 0 aliphatic heterocycles. The fraction of sp³-hybridized carbons (Fsp3) is 0.324. The van der Waals surface area contributed by atoms with Gasteiger partial charge in [-0.15, -0.1) is 5.56 Å². The molecule has 3 aromatic carbocycles. The van der Waals surface area contributed by atoms with Crippen LogP contribution in [0.5, 0.6) is 0 Å². The number of aryl methyl sites for hydroxylation is 1. The summed E-state index contributed by atoms with van der Waals surface area (Å²) < 4.78 is 2.19. The van der Waals surface area contributed by atoms with Crippen LogP contribution in [0.3, 0.4) is 0 Å². The molecular weight excluding hydrogens is 500 g/mol. The Morgan fingerprint density at radius 2 is 1.63 bits per heavy atom. The van der Waals surface area contributed by atoms with Crippen LogP contribution in [0.15, 0.2) is 84.0 Å². The van der Waals surface area contributed by atoms with Crippen molar-refractivity contribution in [1.82, 2.24) is 0 Å². The number of benzene rings is 3. The molecule has 2 aliphatic rings. The number of hydrogen-bond donors (Lipinski definition) is 0. The largest absolute Gasteiger partial charge is 0.179 e. The molecule has 0 nitrogen and oxygen atoms in total. The Bertz CT molecular complexity index is 1140. The topological polar surface area (TPSA) is 0 Å². The summed E-state index contributed by atoms with van der Waals surface area (Å²) in [5.41, 5.74) is 11.4. The molecule has 0 heterocycles. The van der Waals surface area contributed by atoms with Gasteiger partial charge < -0.3 is 0 Å². The SMILES string of the molecule is CCC1=[C-]C(CC)C=C1C(C)(C)C.Cc1ccc([CH]=[Zr+2])cc1.[c-]1cccc2c1Cc1ccccc1-2. The van der Waals surface area contributed by atoms with Crippen molar-refractivity contribution in [1.29, 1.82) is 0 Å². The molecule has 0 amide bonds. The second-order valence-electron chi connectivity index (χ2n) is 10.3. The molecule has 0 fully saturated rings. The Morgan fingerprint density at radius 3 is 2.23 bits per heavy atom. The van der Waals surface area contributed by atoms with Crippen LogP contribution in [0.1, 0.15) is 69.7 Å². The Kier molecular flexibility index (Phi) is 10.00. The van der Waals surface area contributed by atoms with E-state index >= 15 is 0 Å². The van der Waals surface area contributed by atoms with E-state index in [9.17, 15) is 0 Å². The van der Waals surface area contributed by atoms with Crippen molar-refractivity contribution in [2.24, 2.45) is 11.3 Å². The molecular formula is C34H38Zr. The van der Waals surface area contributed by atoms with E-state index in [1.165, 1.54) is 75.2 Å². The summed E-state index contributed by atoms with van der Waals surface area (Å²) in [5.74, 6) is 0.573. The van der Waals surface area contributed by atoms with Gasteiger partial charge in [0.15, 0.2) is 0 Å². The van der Waals surface area contributed by atoms with Crippen LogP contribution in [-0.2, 0) is 30.7 Å². The first-order chi connectivity index (χ1) is 16.8. The smallest absolute Gasteiger partial charge is 0.0253 e. The van der Waals surface area contributed by atoms with Gasteiger partial charge >= 0.3 is 70.3 Å². The van der Waals surface area contributed by atoms with Crippen LogP contribution in [0.2, 0.25) is 0 Å². The predicted molar refractivity (Wildman–Crippen MR) is 148 cm³/mol.